The molecule has 0 heterocycles. The third kappa shape index (κ3) is 4.59. The summed E-state index contributed by atoms with van der Waals surface area (Å²) in [6.45, 7) is 2.26. The van der Waals surface area contributed by atoms with Crippen LogP contribution >= 0.6 is 0 Å². The number of benzene rings is 1. The molecule has 1 aromatic rings. The quantitative estimate of drug-likeness (QED) is 0.813. The molecule has 6 heteroatoms. The van der Waals surface area contributed by atoms with Crippen molar-refractivity contribution >= 4 is 23.6 Å². The smallest absolute Gasteiger partial charge is 0.328 e. The van der Waals surface area contributed by atoms with E-state index in [1.54, 1.807) is 32.0 Å². The van der Waals surface area contributed by atoms with Gasteiger partial charge in [-0.1, -0.05) is 12.1 Å². The van der Waals surface area contributed by atoms with Crippen LogP contribution in [0, 0.1) is 5.82 Å². The number of carboxylic acids is 1. The number of carbonyl (C=O) groups excluding carboxylic acids is 1. The van der Waals surface area contributed by atoms with Gasteiger partial charge < -0.3 is 14.9 Å². The SMILES string of the molecule is CCN(CC(=O)N(C)C)c1c(F)cccc1/C=C/C(=O)O. The van der Waals surface area contributed by atoms with Crippen molar-refractivity contribution in [3.8, 4) is 0 Å². The number of halogens is 1. The number of para-hydroxylation sites is 1. The molecule has 0 saturated heterocycles. The summed E-state index contributed by atoms with van der Waals surface area (Å²) in [5.74, 6) is -1.76. The summed E-state index contributed by atoms with van der Waals surface area (Å²) in [7, 11) is 3.26. The Labute approximate surface area is 123 Å². The van der Waals surface area contributed by atoms with E-state index in [-0.39, 0.29) is 18.1 Å². The van der Waals surface area contributed by atoms with Gasteiger partial charge in [0.15, 0.2) is 0 Å². The molecule has 1 rings (SSSR count). The first-order valence-electron chi connectivity index (χ1n) is 6.51. The molecule has 0 aliphatic rings. The number of carboxylic acid groups (broad SMARTS) is 1. The highest BCUT2D eigenvalue weighted by atomic mass is 19.1. The first-order chi connectivity index (χ1) is 9.86. The highest BCUT2D eigenvalue weighted by Crippen LogP contribution is 2.25. The Bertz CT molecular complexity index is 556. The van der Waals surface area contributed by atoms with Crippen molar-refractivity contribution in [2.45, 2.75) is 6.92 Å². The zero-order chi connectivity index (χ0) is 16.0. The van der Waals surface area contributed by atoms with E-state index in [4.69, 9.17) is 5.11 Å². The van der Waals surface area contributed by atoms with Crippen molar-refractivity contribution in [1.82, 2.24) is 4.90 Å². The van der Waals surface area contributed by atoms with E-state index < -0.39 is 11.8 Å². The van der Waals surface area contributed by atoms with Crippen LogP contribution < -0.4 is 4.90 Å². The zero-order valence-corrected chi connectivity index (χ0v) is 12.3. The molecule has 5 nitrogen and oxygen atoms in total. The van der Waals surface area contributed by atoms with Gasteiger partial charge in [0.05, 0.1) is 12.2 Å². The molecule has 1 amide bonds. The maximum atomic E-state index is 14.1. The second-order valence-electron chi connectivity index (χ2n) is 4.65. The molecule has 114 valence electrons. The predicted molar refractivity (Wildman–Crippen MR) is 79.7 cm³/mol. The molecule has 0 aliphatic heterocycles. The van der Waals surface area contributed by atoms with Crippen LogP contribution in [0.15, 0.2) is 24.3 Å². The first-order valence-corrected chi connectivity index (χ1v) is 6.51. The summed E-state index contributed by atoms with van der Waals surface area (Å²) >= 11 is 0. The van der Waals surface area contributed by atoms with Crippen molar-refractivity contribution in [1.29, 1.82) is 0 Å². The minimum absolute atomic E-state index is 0.0261. The van der Waals surface area contributed by atoms with Crippen LogP contribution in [-0.2, 0) is 9.59 Å². The lowest BCUT2D eigenvalue weighted by atomic mass is 10.1. The van der Waals surface area contributed by atoms with Gasteiger partial charge in [0, 0.05) is 32.3 Å². The number of hydrogen-bond donors (Lipinski definition) is 1. The third-order valence-electron chi connectivity index (χ3n) is 2.95. The predicted octanol–water partition coefficient (Wildman–Crippen LogP) is 1.84. The van der Waals surface area contributed by atoms with E-state index in [0.29, 0.717) is 12.1 Å². The van der Waals surface area contributed by atoms with Gasteiger partial charge in [0.25, 0.3) is 0 Å². The largest absolute Gasteiger partial charge is 0.478 e. The third-order valence-corrected chi connectivity index (χ3v) is 2.95. The number of likely N-dealkylation sites (N-methyl/N-ethyl adjacent to an activating group) is 2. The maximum absolute atomic E-state index is 14.1. The summed E-state index contributed by atoms with van der Waals surface area (Å²) in [5, 5.41) is 8.69. The van der Waals surface area contributed by atoms with Crippen LogP contribution in [0.2, 0.25) is 0 Å². The zero-order valence-electron chi connectivity index (χ0n) is 12.3. The standard InChI is InChI=1S/C15H19FN2O3/c1-4-18(10-13(19)17(2)3)15-11(8-9-14(20)21)6-5-7-12(15)16/h5-9H,4,10H2,1-3H3,(H,20,21)/b9-8+. The van der Waals surface area contributed by atoms with E-state index in [1.165, 1.54) is 23.1 Å². The Morgan fingerprint density at radius 3 is 2.52 bits per heavy atom. The summed E-state index contributed by atoms with van der Waals surface area (Å²) in [5.41, 5.74) is 0.651. The fourth-order valence-electron chi connectivity index (χ4n) is 1.81. The number of aliphatic carboxylic acids is 1. The molecular weight excluding hydrogens is 275 g/mol. The van der Waals surface area contributed by atoms with Crippen molar-refractivity contribution in [2.75, 3.05) is 32.1 Å². The van der Waals surface area contributed by atoms with E-state index in [9.17, 15) is 14.0 Å². The number of amides is 1. The van der Waals surface area contributed by atoms with Crippen molar-refractivity contribution in [3.05, 3.63) is 35.7 Å². The Morgan fingerprint density at radius 2 is 2.00 bits per heavy atom. The number of rotatable bonds is 6. The van der Waals surface area contributed by atoms with Crippen LogP contribution in [0.25, 0.3) is 6.08 Å². The van der Waals surface area contributed by atoms with E-state index in [1.807, 2.05) is 0 Å². The average molecular weight is 294 g/mol. The second-order valence-corrected chi connectivity index (χ2v) is 4.65. The Hall–Kier alpha value is -2.37. The van der Waals surface area contributed by atoms with Gasteiger partial charge in [-0.05, 0) is 19.1 Å². The highest BCUT2D eigenvalue weighted by molar-refractivity contribution is 5.88. The molecule has 0 aliphatic carbocycles. The van der Waals surface area contributed by atoms with E-state index >= 15 is 0 Å². The van der Waals surface area contributed by atoms with E-state index in [0.717, 1.165) is 6.08 Å². The maximum Gasteiger partial charge on any atom is 0.328 e. The van der Waals surface area contributed by atoms with Gasteiger partial charge in [-0.25, -0.2) is 9.18 Å². The molecule has 0 bridgehead atoms. The van der Waals surface area contributed by atoms with Crippen LogP contribution in [0.3, 0.4) is 0 Å². The van der Waals surface area contributed by atoms with Gasteiger partial charge in [-0.15, -0.1) is 0 Å². The molecule has 0 spiro atoms. The van der Waals surface area contributed by atoms with Crippen LogP contribution in [0.5, 0.6) is 0 Å². The van der Waals surface area contributed by atoms with Gasteiger partial charge in [-0.2, -0.15) is 0 Å². The Kier molecular flexibility index (Phi) is 5.90. The summed E-state index contributed by atoms with van der Waals surface area (Å²) in [4.78, 5) is 25.5. The summed E-state index contributed by atoms with van der Waals surface area (Å²) in [6, 6.07) is 4.40. The van der Waals surface area contributed by atoms with Crippen molar-refractivity contribution in [3.63, 3.8) is 0 Å². The topological polar surface area (TPSA) is 60.9 Å². The van der Waals surface area contributed by atoms with Crippen LogP contribution in [0.1, 0.15) is 12.5 Å². The number of hydrogen-bond acceptors (Lipinski definition) is 3. The van der Waals surface area contributed by atoms with Crippen molar-refractivity contribution in [2.24, 2.45) is 0 Å². The molecule has 0 unspecified atom stereocenters. The molecule has 0 aromatic heterocycles. The second kappa shape index (κ2) is 7.42. The average Bonchev–Trinajstić information content (AvgIpc) is 2.42. The monoisotopic (exact) mass is 294 g/mol. The Morgan fingerprint density at radius 1 is 1.33 bits per heavy atom. The van der Waals surface area contributed by atoms with Gasteiger partial charge in [0.1, 0.15) is 5.82 Å². The molecular formula is C15H19FN2O3. The number of anilines is 1. The highest BCUT2D eigenvalue weighted by Gasteiger charge is 2.17. The van der Waals surface area contributed by atoms with Gasteiger partial charge in [-0.3, -0.25) is 4.79 Å². The molecule has 0 fully saturated rings. The van der Waals surface area contributed by atoms with Gasteiger partial charge >= 0.3 is 5.97 Å². The summed E-state index contributed by atoms with van der Waals surface area (Å²) in [6.07, 6.45) is 2.27. The molecule has 0 saturated carbocycles. The van der Waals surface area contributed by atoms with Crippen molar-refractivity contribution < 1.29 is 19.1 Å². The molecule has 1 aromatic carbocycles. The fraction of sp³-hybridized carbons (Fsp3) is 0.333. The molecule has 1 N–H and O–H groups in total. The summed E-state index contributed by atoms with van der Waals surface area (Å²) < 4.78 is 14.1. The lowest BCUT2D eigenvalue weighted by Gasteiger charge is -2.26. The van der Waals surface area contributed by atoms with Crippen LogP contribution in [0.4, 0.5) is 10.1 Å². The van der Waals surface area contributed by atoms with Crippen LogP contribution in [-0.4, -0.2) is 49.1 Å². The van der Waals surface area contributed by atoms with Gasteiger partial charge in [0.2, 0.25) is 5.91 Å². The van der Waals surface area contributed by atoms with E-state index in [2.05, 4.69) is 0 Å². The fourth-order valence-corrected chi connectivity index (χ4v) is 1.81. The minimum atomic E-state index is -1.11. The molecule has 21 heavy (non-hydrogen) atoms. The molecule has 0 radical (unpaired) electrons. The first kappa shape index (κ1) is 16.7. The lowest BCUT2D eigenvalue weighted by molar-refractivity contribution is -0.131. The number of carbonyl (C=O) groups is 2. The lowest BCUT2D eigenvalue weighted by Crippen LogP contribution is -2.37. The minimum Gasteiger partial charge on any atom is -0.478 e. The molecule has 0 atom stereocenters. The normalized spacial score (nSPS) is 10.7. The number of nitrogens with zero attached hydrogens (tertiary/aromatic N) is 2. The Balaban J connectivity index is 3.18.